The molecule has 0 aliphatic heterocycles. The topological polar surface area (TPSA) is 87.3 Å². The Labute approximate surface area is 173 Å². The van der Waals surface area contributed by atoms with Gasteiger partial charge in [0, 0.05) is 19.9 Å². The largest absolute Gasteiger partial charge is 0.357 e. The van der Waals surface area contributed by atoms with E-state index in [1.807, 2.05) is 58.0 Å². The summed E-state index contributed by atoms with van der Waals surface area (Å²) in [6.45, 7) is 7.77. The van der Waals surface area contributed by atoms with E-state index < -0.39 is 16.8 Å². The lowest BCUT2D eigenvalue weighted by atomic mass is 9.99. The summed E-state index contributed by atoms with van der Waals surface area (Å²) < 4.78 is 0. The number of hydrogen-bond donors (Lipinski definition) is 4. The lowest BCUT2D eigenvalue weighted by molar-refractivity contribution is -0.133. The zero-order valence-corrected chi connectivity index (χ0v) is 18.3. The highest BCUT2D eigenvalue weighted by Crippen LogP contribution is 2.23. The molecule has 0 aliphatic carbocycles. The fourth-order valence-electron chi connectivity index (χ4n) is 2.95. The first-order valence-electron chi connectivity index (χ1n) is 9.67. The van der Waals surface area contributed by atoms with Gasteiger partial charge in [0.05, 0.1) is 0 Å². The Kier molecular flexibility index (Phi) is 9.52. The Morgan fingerprint density at radius 3 is 2.14 bits per heavy atom. The van der Waals surface area contributed by atoms with Gasteiger partial charge in [-0.15, -0.1) is 12.6 Å². The Morgan fingerprint density at radius 2 is 1.64 bits per heavy atom. The van der Waals surface area contributed by atoms with Gasteiger partial charge in [-0.3, -0.25) is 14.4 Å². The third kappa shape index (κ3) is 7.92. The van der Waals surface area contributed by atoms with Gasteiger partial charge in [-0.25, -0.2) is 0 Å². The summed E-state index contributed by atoms with van der Waals surface area (Å²) in [6, 6.07) is 8.68. The van der Waals surface area contributed by atoms with Crippen molar-refractivity contribution in [3.63, 3.8) is 0 Å². The van der Waals surface area contributed by atoms with Crippen molar-refractivity contribution in [1.29, 1.82) is 0 Å². The van der Waals surface area contributed by atoms with E-state index in [9.17, 15) is 14.4 Å². The molecule has 1 rings (SSSR count). The van der Waals surface area contributed by atoms with Crippen LogP contribution < -0.4 is 16.0 Å². The molecule has 6 nitrogen and oxygen atoms in total. The summed E-state index contributed by atoms with van der Waals surface area (Å²) in [6.07, 6.45) is 0.992. The highest BCUT2D eigenvalue weighted by molar-refractivity contribution is 7.82. The maximum Gasteiger partial charge on any atom is 0.256 e. The van der Waals surface area contributed by atoms with Crippen molar-refractivity contribution in [3.8, 4) is 0 Å². The maximum atomic E-state index is 13.1. The maximum absolute atomic E-state index is 13.1. The molecule has 0 saturated heterocycles. The first-order chi connectivity index (χ1) is 13.1. The molecule has 3 N–H and O–H groups in total. The number of likely N-dealkylation sites (N-methyl/N-ethyl adjacent to an activating group) is 1. The highest BCUT2D eigenvalue weighted by atomic mass is 32.1. The molecule has 156 valence electrons. The van der Waals surface area contributed by atoms with Gasteiger partial charge in [0.2, 0.25) is 11.8 Å². The minimum Gasteiger partial charge on any atom is -0.357 e. The van der Waals surface area contributed by atoms with Crippen molar-refractivity contribution in [3.05, 3.63) is 35.9 Å². The zero-order chi connectivity index (χ0) is 21.3. The summed E-state index contributed by atoms with van der Waals surface area (Å²) >= 11 is 4.54. The Balaban J connectivity index is 3.00. The second-order valence-electron chi connectivity index (χ2n) is 7.93. The van der Waals surface area contributed by atoms with Crippen LogP contribution in [0, 0.1) is 11.8 Å². The fraction of sp³-hybridized carbons (Fsp3) is 0.571. The fourth-order valence-corrected chi connectivity index (χ4v) is 3.51. The molecule has 0 heterocycles. The van der Waals surface area contributed by atoms with Gasteiger partial charge in [0.25, 0.3) is 5.91 Å². The summed E-state index contributed by atoms with van der Waals surface area (Å²) in [5.41, 5.74) is 0.925. The molecule has 0 fully saturated rings. The second kappa shape index (κ2) is 11.1. The first-order valence-corrected chi connectivity index (χ1v) is 10.1. The van der Waals surface area contributed by atoms with Crippen molar-refractivity contribution in [2.24, 2.45) is 11.8 Å². The van der Waals surface area contributed by atoms with Crippen LogP contribution in [0.5, 0.6) is 0 Å². The molecule has 0 aromatic heterocycles. The molecule has 3 amide bonds. The van der Waals surface area contributed by atoms with E-state index in [-0.39, 0.29) is 23.7 Å². The molecular weight excluding hydrogens is 374 g/mol. The predicted octanol–water partition coefficient (Wildman–Crippen LogP) is 2.29. The highest BCUT2D eigenvalue weighted by Gasteiger charge is 2.38. The van der Waals surface area contributed by atoms with Gasteiger partial charge in [-0.1, -0.05) is 58.0 Å². The number of thiol groups is 1. The van der Waals surface area contributed by atoms with Crippen LogP contribution in [0.15, 0.2) is 30.3 Å². The molecule has 1 aromatic rings. The number of carbonyl (C=O) groups is 3. The van der Waals surface area contributed by atoms with Crippen LogP contribution in [0.4, 0.5) is 0 Å². The minimum atomic E-state index is -1.39. The number of nitrogens with one attached hydrogen (secondary N) is 3. The van der Waals surface area contributed by atoms with E-state index in [1.54, 1.807) is 0 Å². The van der Waals surface area contributed by atoms with Crippen LogP contribution in [0.3, 0.4) is 0 Å². The zero-order valence-electron chi connectivity index (χ0n) is 17.4. The van der Waals surface area contributed by atoms with Crippen molar-refractivity contribution in [2.75, 3.05) is 7.05 Å². The van der Waals surface area contributed by atoms with E-state index >= 15 is 0 Å². The average molecular weight is 408 g/mol. The molecule has 0 saturated carbocycles. The van der Waals surface area contributed by atoms with Crippen LogP contribution in [0.25, 0.3) is 0 Å². The molecule has 2 atom stereocenters. The van der Waals surface area contributed by atoms with E-state index in [2.05, 4.69) is 28.6 Å². The van der Waals surface area contributed by atoms with Crippen LogP contribution in [0.2, 0.25) is 0 Å². The summed E-state index contributed by atoms with van der Waals surface area (Å²) in [4.78, 5) is 36.3. The van der Waals surface area contributed by atoms with Gasteiger partial charge < -0.3 is 16.0 Å². The molecule has 7 heteroatoms. The van der Waals surface area contributed by atoms with Gasteiger partial charge in [-0.2, -0.15) is 0 Å². The van der Waals surface area contributed by atoms with Gasteiger partial charge in [0.15, 0.2) is 4.87 Å². The van der Waals surface area contributed by atoms with Crippen molar-refractivity contribution in [1.82, 2.24) is 16.0 Å². The quantitative estimate of drug-likeness (QED) is 0.355. The SMILES string of the molecule is CNC(=O)[C@H](Cc1ccccc1)NC(=O)C(S)(CC(C)C)NC(=O)CC(C)C. The number of rotatable bonds is 10. The van der Waals surface area contributed by atoms with Crippen molar-refractivity contribution >= 4 is 30.4 Å². The normalized spacial score (nSPS) is 14.3. The molecule has 0 aliphatic rings. The summed E-state index contributed by atoms with van der Waals surface area (Å²) in [5.74, 6) is -0.732. The Morgan fingerprint density at radius 1 is 1.04 bits per heavy atom. The van der Waals surface area contributed by atoms with E-state index in [0.29, 0.717) is 19.3 Å². The second-order valence-corrected chi connectivity index (χ2v) is 8.70. The number of hydrogen-bond acceptors (Lipinski definition) is 4. The molecule has 28 heavy (non-hydrogen) atoms. The van der Waals surface area contributed by atoms with E-state index in [4.69, 9.17) is 0 Å². The standard InChI is InChI=1S/C21H33N3O3S/c1-14(2)11-18(25)24-21(28,13-15(3)4)20(27)23-17(19(26)22-5)12-16-9-7-6-8-10-16/h6-10,14-15,17,28H,11-13H2,1-5H3,(H,22,26)(H,23,27)(H,24,25)/t17-,21?/m0/s1. The predicted molar refractivity (Wildman–Crippen MR) is 115 cm³/mol. The van der Waals surface area contributed by atoms with Crippen LogP contribution in [-0.2, 0) is 20.8 Å². The Hall–Kier alpha value is -2.02. The van der Waals surface area contributed by atoms with Gasteiger partial charge in [-0.05, 0) is 23.8 Å². The molecular formula is C21H33N3O3S. The molecule has 0 radical (unpaired) electrons. The third-order valence-corrected chi connectivity index (χ3v) is 4.67. The lowest BCUT2D eigenvalue weighted by Gasteiger charge is -2.32. The van der Waals surface area contributed by atoms with Crippen LogP contribution in [-0.4, -0.2) is 35.7 Å². The summed E-state index contributed by atoms with van der Waals surface area (Å²) in [5, 5.41) is 8.13. The minimum absolute atomic E-state index is 0.121. The number of benzene rings is 1. The molecule has 0 spiro atoms. The third-order valence-electron chi connectivity index (χ3n) is 4.17. The molecule has 1 unspecified atom stereocenters. The Bertz CT molecular complexity index is 664. The smallest absolute Gasteiger partial charge is 0.256 e. The average Bonchev–Trinajstić information content (AvgIpc) is 2.59. The van der Waals surface area contributed by atoms with Gasteiger partial charge >= 0.3 is 0 Å². The molecule has 0 bridgehead atoms. The van der Waals surface area contributed by atoms with E-state index in [0.717, 1.165) is 5.56 Å². The monoisotopic (exact) mass is 407 g/mol. The van der Waals surface area contributed by atoms with Crippen molar-refractivity contribution < 1.29 is 14.4 Å². The number of amides is 3. The first kappa shape index (κ1) is 24.0. The van der Waals surface area contributed by atoms with Crippen LogP contribution in [0.1, 0.15) is 46.1 Å². The lowest BCUT2D eigenvalue weighted by Crippen LogP contribution is -2.60. The van der Waals surface area contributed by atoms with Crippen molar-refractivity contribution in [2.45, 2.75) is 57.9 Å². The van der Waals surface area contributed by atoms with Gasteiger partial charge in [0.1, 0.15) is 6.04 Å². The number of carbonyl (C=O) groups excluding carboxylic acids is 3. The molecule has 1 aromatic carbocycles. The van der Waals surface area contributed by atoms with Crippen LogP contribution >= 0.6 is 12.6 Å². The van der Waals surface area contributed by atoms with E-state index in [1.165, 1.54) is 7.05 Å². The summed E-state index contributed by atoms with van der Waals surface area (Å²) in [7, 11) is 1.53.